The van der Waals surface area contributed by atoms with E-state index in [1.807, 2.05) is 24.3 Å². The molecule has 6 heteroatoms. The topological polar surface area (TPSA) is 68.7 Å². The number of pyridine rings is 1. The van der Waals surface area contributed by atoms with Crippen molar-refractivity contribution in [1.82, 2.24) is 9.88 Å². The lowest BCUT2D eigenvalue weighted by molar-refractivity contribution is -0.133. The molecule has 0 bridgehead atoms. The Morgan fingerprint density at radius 1 is 1.13 bits per heavy atom. The van der Waals surface area contributed by atoms with Crippen molar-refractivity contribution in [3.63, 3.8) is 0 Å². The van der Waals surface area contributed by atoms with Gasteiger partial charge in [0.2, 0.25) is 0 Å². The van der Waals surface area contributed by atoms with Crippen molar-refractivity contribution in [1.29, 1.82) is 0 Å². The fourth-order valence-electron chi connectivity index (χ4n) is 1.97. The molecule has 23 heavy (non-hydrogen) atoms. The third-order valence-corrected chi connectivity index (χ3v) is 3.23. The summed E-state index contributed by atoms with van der Waals surface area (Å²) in [7, 11) is 3.22. The molecule has 1 aromatic carbocycles. The highest BCUT2D eigenvalue weighted by atomic mass is 16.5. The molecule has 0 aliphatic carbocycles. The molecule has 0 N–H and O–H groups in total. The quantitative estimate of drug-likeness (QED) is 0.762. The number of benzene rings is 1. The maximum Gasteiger partial charge on any atom is 0.357 e. The number of hydrogen-bond acceptors (Lipinski definition) is 5. The van der Waals surface area contributed by atoms with Crippen LogP contribution >= 0.6 is 0 Å². The Bertz CT molecular complexity index is 673. The zero-order valence-electron chi connectivity index (χ0n) is 13.1. The van der Waals surface area contributed by atoms with Gasteiger partial charge in [-0.3, -0.25) is 4.79 Å². The zero-order valence-corrected chi connectivity index (χ0v) is 13.1. The minimum absolute atomic E-state index is 0.174. The molecular weight excluding hydrogens is 296 g/mol. The van der Waals surface area contributed by atoms with E-state index in [4.69, 9.17) is 9.47 Å². The molecular formula is C17H18N2O4. The van der Waals surface area contributed by atoms with Crippen LogP contribution in [0, 0.1) is 0 Å². The number of rotatable bonds is 6. The second-order valence-corrected chi connectivity index (χ2v) is 4.85. The van der Waals surface area contributed by atoms with Crippen molar-refractivity contribution in [2.24, 2.45) is 0 Å². The van der Waals surface area contributed by atoms with Crippen LogP contribution in [0.5, 0.6) is 5.75 Å². The van der Waals surface area contributed by atoms with Crippen LogP contribution in [0.25, 0.3) is 0 Å². The van der Waals surface area contributed by atoms with Crippen molar-refractivity contribution in [3.05, 3.63) is 59.9 Å². The Hall–Kier alpha value is -2.89. The number of carbonyl (C=O) groups excluding carboxylic acids is 2. The number of esters is 1. The first-order valence-electron chi connectivity index (χ1n) is 7.06. The highest BCUT2D eigenvalue weighted by molar-refractivity contribution is 5.89. The SMILES string of the molecule is COc1ccccc1CN(C)C(=O)COC(=O)c1ccccn1. The molecule has 0 atom stereocenters. The Morgan fingerprint density at radius 2 is 1.87 bits per heavy atom. The van der Waals surface area contributed by atoms with Gasteiger partial charge in [-0.15, -0.1) is 0 Å². The van der Waals surface area contributed by atoms with E-state index >= 15 is 0 Å². The van der Waals surface area contributed by atoms with Crippen molar-refractivity contribution in [2.75, 3.05) is 20.8 Å². The van der Waals surface area contributed by atoms with E-state index in [9.17, 15) is 9.59 Å². The van der Waals surface area contributed by atoms with Gasteiger partial charge in [0.15, 0.2) is 6.61 Å². The number of nitrogens with zero attached hydrogens (tertiary/aromatic N) is 2. The number of hydrogen-bond donors (Lipinski definition) is 0. The van der Waals surface area contributed by atoms with E-state index in [-0.39, 0.29) is 18.2 Å². The van der Waals surface area contributed by atoms with Crippen LogP contribution < -0.4 is 4.74 Å². The van der Waals surface area contributed by atoms with E-state index in [0.29, 0.717) is 12.3 Å². The normalized spacial score (nSPS) is 10.0. The highest BCUT2D eigenvalue weighted by Gasteiger charge is 2.15. The third kappa shape index (κ3) is 4.54. The fourth-order valence-corrected chi connectivity index (χ4v) is 1.97. The number of amides is 1. The average molecular weight is 314 g/mol. The number of ether oxygens (including phenoxy) is 2. The minimum Gasteiger partial charge on any atom is -0.496 e. The molecule has 1 amide bonds. The summed E-state index contributed by atoms with van der Waals surface area (Å²) < 4.78 is 10.2. The Kier molecular flexibility index (Phi) is 5.68. The summed E-state index contributed by atoms with van der Waals surface area (Å²) in [6, 6.07) is 12.3. The molecule has 2 aromatic rings. The van der Waals surface area contributed by atoms with Gasteiger partial charge in [0.25, 0.3) is 5.91 Å². The van der Waals surface area contributed by atoms with Gasteiger partial charge >= 0.3 is 5.97 Å². The highest BCUT2D eigenvalue weighted by Crippen LogP contribution is 2.18. The minimum atomic E-state index is -0.621. The number of methoxy groups -OCH3 is 1. The van der Waals surface area contributed by atoms with Gasteiger partial charge in [0.1, 0.15) is 11.4 Å². The molecule has 2 rings (SSSR count). The maximum absolute atomic E-state index is 12.1. The van der Waals surface area contributed by atoms with E-state index in [0.717, 1.165) is 5.56 Å². The molecule has 0 fully saturated rings. The van der Waals surface area contributed by atoms with Gasteiger partial charge in [-0.2, -0.15) is 0 Å². The monoisotopic (exact) mass is 314 g/mol. The number of para-hydroxylation sites is 1. The average Bonchev–Trinajstić information content (AvgIpc) is 2.60. The molecule has 0 saturated carbocycles. The van der Waals surface area contributed by atoms with Crippen LogP contribution in [-0.4, -0.2) is 42.5 Å². The molecule has 6 nitrogen and oxygen atoms in total. The molecule has 0 aliphatic rings. The molecule has 0 spiro atoms. The third-order valence-electron chi connectivity index (χ3n) is 3.23. The smallest absolute Gasteiger partial charge is 0.357 e. The largest absolute Gasteiger partial charge is 0.496 e. The molecule has 1 heterocycles. The van der Waals surface area contributed by atoms with Crippen molar-refractivity contribution in [3.8, 4) is 5.75 Å². The van der Waals surface area contributed by atoms with Crippen molar-refractivity contribution < 1.29 is 19.1 Å². The second kappa shape index (κ2) is 7.93. The number of likely N-dealkylation sites (N-methyl/N-ethyl adjacent to an activating group) is 1. The molecule has 0 aliphatic heterocycles. The Morgan fingerprint density at radius 3 is 2.57 bits per heavy atom. The number of carbonyl (C=O) groups is 2. The maximum atomic E-state index is 12.1. The Balaban J connectivity index is 1.89. The van der Waals surface area contributed by atoms with Crippen molar-refractivity contribution >= 4 is 11.9 Å². The predicted molar refractivity (Wildman–Crippen MR) is 84.0 cm³/mol. The van der Waals surface area contributed by atoms with E-state index in [1.54, 1.807) is 26.3 Å². The van der Waals surface area contributed by atoms with Crippen LogP contribution in [-0.2, 0) is 16.1 Å². The van der Waals surface area contributed by atoms with Gasteiger partial charge in [-0.1, -0.05) is 24.3 Å². The summed E-state index contributed by atoms with van der Waals surface area (Å²) in [4.78, 5) is 29.2. The fraction of sp³-hybridized carbons (Fsp3) is 0.235. The standard InChI is InChI=1S/C17H18N2O4/c1-19(11-13-7-3-4-9-15(13)22-2)16(20)12-23-17(21)14-8-5-6-10-18-14/h3-10H,11-12H2,1-2H3. The van der Waals surface area contributed by atoms with Crippen LogP contribution in [0.3, 0.4) is 0 Å². The lowest BCUT2D eigenvalue weighted by Gasteiger charge is -2.18. The van der Waals surface area contributed by atoms with Gasteiger partial charge in [0.05, 0.1) is 7.11 Å². The summed E-state index contributed by atoms with van der Waals surface area (Å²) in [5.41, 5.74) is 1.05. The molecule has 0 unspecified atom stereocenters. The predicted octanol–water partition coefficient (Wildman–Crippen LogP) is 1.91. The lowest BCUT2D eigenvalue weighted by Crippen LogP contribution is -2.31. The van der Waals surface area contributed by atoms with Crippen LogP contribution in [0.4, 0.5) is 0 Å². The van der Waals surface area contributed by atoms with E-state index in [1.165, 1.54) is 17.2 Å². The summed E-state index contributed by atoms with van der Waals surface area (Å²) in [6.07, 6.45) is 1.49. The van der Waals surface area contributed by atoms with Gasteiger partial charge in [-0.05, 0) is 18.2 Å². The van der Waals surface area contributed by atoms with Crippen LogP contribution in [0.1, 0.15) is 16.1 Å². The van der Waals surface area contributed by atoms with Crippen LogP contribution in [0.15, 0.2) is 48.7 Å². The van der Waals surface area contributed by atoms with Gasteiger partial charge < -0.3 is 14.4 Å². The zero-order chi connectivity index (χ0) is 16.7. The summed E-state index contributed by atoms with van der Waals surface area (Å²) >= 11 is 0. The first kappa shape index (κ1) is 16.5. The molecule has 120 valence electrons. The summed E-state index contributed by atoms with van der Waals surface area (Å²) in [5, 5.41) is 0. The van der Waals surface area contributed by atoms with E-state index < -0.39 is 5.97 Å². The summed E-state index contributed by atoms with van der Waals surface area (Å²) in [5.74, 6) is -0.220. The van der Waals surface area contributed by atoms with Crippen molar-refractivity contribution in [2.45, 2.75) is 6.54 Å². The Labute approximate surface area is 134 Å². The first-order valence-corrected chi connectivity index (χ1v) is 7.06. The molecule has 0 radical (unpaired) electrons. The molecule has 0 saturated heterocycles. The van der Waals surface area contributed by atoms with Gasteiger partial charge in [-0.25, -0.2) is 9.78 Å². The first-order chi connectivity index (χ1) is 11.1. The summed E-state index contributed by atoms with van der Waals surface area (Å²) in [6.45, 7) is 0.0328. The molecule has 1 aromatic heterocycles. The number of aromatic nitrogens is 1. The van der Waals surface area contributed by atoms with Gasteiger partial charge in [0, 0.05) is 25.4 Å². The van der Waals surface area contributed by atoms with E-state index in [2.05, 4.69) is 4.98 Å². The second-order valence-electron chi connectivity index (χ2n) is 4.85. The van der Waals surface area contributed by atoms with Crippen LogP contribution in [0.2, 0.25) is 0 Å². The lowest BCUT2D eigenvalue weighted by atomic mass is 10.2.